The molecule has 7 rings (SSSR count). The molecular weight excluding hydrogens is 619 g/mol. The smallest absolute Gasteiger partial charge is 0.411 e. The van der Waals surface area contributed by atoms with Crippen molar-refractivity contribution in [3.8, 4) is 16.8 Å². The third-order valence-electron chi connectivity index (χ3n) is 10.6. The SMILES string of the molecule is CC(C)c1ccccc1-c1cc(F)ccc1-n1cc(C(=O)C2CCN(C(=O)[C@@H]3[C@H]4CC[C@H](C4)N3C(=O)OC(C)(C)C)CC2)c2ccncc21. The van der Waals surface area contributed by atoms with Crippen LogP contribution in [0.25, 0.3) is 27.7 Å². The Hall–Kier alpha value is -4.53. The van der Waals surface area contributed by atoms with Crippen LogP contribution >= 0.6 is 0 Å². The Labute approximate surface area is 287 Å². The fourth-order valence-corrected chi connectivity index (χ4v) is 8.30. The molecule has 2 bridgehead atoms. The molecular formula is C40H45FN4O4. The molecule has 4 aromatic rings. The van der Waals surface area contributed by atoms with Crippen LogP contribution in [0.2, 0.25) is 0 Å². The third-order valence-corrected chi connectivity index (χ3v) is 10.6. The second-order valence-corrected chi connectivity index (χ2v) is 15.2. The van der Waals surface area contributed by atoms with Crippen molar-refractivity contribution in [3.05, 3.63) is 84.1 Å². The van der Waals surface area contributed by atoms with Crippen molar-refractivity contribution in [2.24, 2.45) is 11.8 Å². The highest BCUT2D eigenvalue weighted by Crippen LogP contribution is 2.44. The number of aromatic nitrogens is 2. The van der Waals surface area contributed by atoms with Gasteiger partial charge in [0.1, 0.15) is 17.5 Å². The van der Waals surface area contributed by atoms with E-state index < -0.39 is 17.7 Å². The summed E-state index contributed by atoms with van der Waals surface area (Å²) >= 11 is 0. The van der Waals surface area contributed by atoms with Crippen molar-refractivity contribution < 1.29 is 23.5 Å². The molecule has 4 heterocycles. The number of Topliss-reactive ketones (excluding diaryl/α,β-unsaturated/α-hetero) is 1. The minimum absolute atomic E-state index is 0.0304. The van der Waals surface area contributed by atoms with Gasteiger partial charge < -0.3 is 14.2 Å². The van der Waals surface area contributed by atoms with Crippen LogP contribution in [0.1, 0.15) is 88.6 Å². The van der Waals surface area contributed by atoms with Crippen molar-refractivity contribution in [2.45, 2.75) is 90.3 Å². The van der Waals surface area contributed by atoms with E-state index in [2.05, 4.69) is 24.9 Å². The van der Waals surface area contributed by atoms with E-state index in [0.717, 1.165) is 52.5 Å². The number of rotatable bonds is 6. The molecule has 0 unspecified atom stereocenters. The van der Waals surface area contributed by atoms with E-state index in [9.17, 15) is 18.8 Å². The lowest BCUT2D eigenvalue weighted by Gasteiger charge is -2.39. The van der Waals surface area contributed by atoms with Crippen LogP contribution in [-0.2, 0) is 9.53 Å². The summed E-state index contributed by atoms with van der Waals surface area (Å²) in [5, 5.41) is 0.793. The predicted molar refractivity (Wildman–Crippen MR) is 187 cm³/mol. The fraction of sp³-hybridized carbons (Fsp3) is 0.450. The number of carbonyl (C=O) groups excluding carboxylic acids is 3. The molecule has 9 heteroatoms. The molecule has 1 aliphatic carbocycles. The maximum absolute atomic E-state index is 14.8. The molecule has 49 heavy (non-hydrogen) atoms. The number of hydrogen-bond donors (Lipinski definition) is 0. The van der Waals surface area contributed by atoms with Crippen molar-refractivity contribution in [1.82, 2.24) is 19.4 Å². The number of halogens is 1. The maximum atomic E-state index is 14.8. The molecule has 8 nitrogen and oxygen atoms in total. The Morgan fingerprint density at radius 1 is 0.959 bits per heavy atom. The highest BCUT2D eigenvalue weighted by Gasteiger charge is 2.53. The molecule has 1 saturated carbocycles. The van der Waals surface area contributed by atoms with Crippen LogP contribution in [0.15, 0.2) is 67.1 Å². The van der Waals surface area contributed by atoms with Crippen LogP contribution < -0.4 is 0 Å². The minimum Gasteiger partial charge on any atom is -0.444 e. The lowest BCUT2D eigenvalue weighted by atomic mass is 9.88. The summed E-state index contributed by atoms with van der Waals surface area (Å²) in [5.41, 5.74) is 4.31. The van der Waals surface area contributed by atoms with Gasteiger partial charge in [-0.15, -0.1) is 0 Å². The Morgan fingerprint density at radius 3 is 2.45 bits per heavy atom. The maximum Gasteiger partial charge on any atom is 0.411 e. The van der Waals surface area contributed by atoms with Crippen LogP contribution in [0, 0.1) is 17.7 Å². The molecule has 2 aromatic heterocycles. The zero-order valence-corrected chi connectivity index (χ0v) is 29.0. The van der Waals surface area contributed by atoms with E-state index in [-0.39, 0.29) is 41.3 Å². The van der Waals surface area contributed by atoms with Gasteiger partial charge in [0.05, 0.1) is 17.4 Å². The number of ether oxygens (including phenoxy) is 1. The first-order valence-electron chi connectivity index (χ1n) is 17.6. The summed E-state index contributed by atoms with van der Waals surface area (Å²) in [4.78, 5) is 49.3. The van der Waals surface area contributed by atoms with E-state index in [4.69, 9.17) is 4.74 Å². The summed E-state index contributed by atoms with van der Waals surface area (Å²) in [7, 11) is 0. The van der Waals surface area contributed by atoms with Gasteiger partial charge in [-0.3, -0.25) is 19.5 Å². The third kappa shape index (κ3) is 6.13. The number of carbonyl (C=O) groups is 3. The van der Waals surface area contributed by atoms with Gasteiger partial charge in [0, 0.05) is 54.0 Å². The summed E-state index contributed by atoms with van der Waals surface area (Å²) in [6.45, 7) is 10.7. The second-order valence-electron chi connectivity index (χ2n) is 15.2. The topological polar surface area (TPSA) is 84.7 Å². The first kappa shape index (κ1) is 33.0. The van der Waals surface area contributed by atoms with Gasteiger partial charge in [-0.25, -0.2) is 9.18 Å². The van der Waals surface area contributed by atoms with Gasteiger partial charge in [-0.05, 0) is 100 Å². The molecule has 256 valence electrons. The zero-order chi connectivity index (χ0) is 34.6. The van der Waals surface area contributed by atoms with E-state index in [1.165, 1.54) is 6.07 Å². The van der Waals surface area contributed by atoms with Gasteiger partial charge in [0.15, 0.2) is 5.78 Å². The lowest BCUT2D eigenvalue weighted by Crippen LogP contribution is -2.56. The van der Waals surface area contributed by atoms with Gasteiger partial charge in [0.25, 0.3) is 0 Å². The van der Waals surface area contributed by atoms with E-state index in [1.807, 2.05) is 60.7 Å². The molecule has 2 saturated heterocycles. The quantitative estimate of drug-likeness (QED) is 0.194. The first-order chi connectivity index (χ1) is 23.4. The Kier molecular flexibility index (Phi) is 8.57. The number of pyridine rings is 1. The fourth-order valence-electron chi connectivity index (χ4n) is 8.30. The van der Waals surface area contributed by atoms with E-state index in [1.54, 1.807) is 29.4 Å². The number of fused-ring (bicyclic) bond motifs is 3. The van der Waals surface area contributed by atoms with E-state index in [0.29, 0.717) is 31.5 Å². The number of piperidine rings is 2. The Morgan fingerprint density at radius 2 is 1.71 bits per heavy atom. The predicted octanol–water partition coefficient (Wildman–Crippen LogP) is 8.16. The van der Waals surface area contributed by atoms with Crippen LogP contribution in [-0.4, -0.2) is 67.9 Å². The normalized spacial score (nSPS) is 21.2. The molecule has 3 fully saturated rings. The molecule has 0 radical (unpaired) electrons. The first-order valence-corrected chi connectivity index (χ1v) is 17.6. The molecule has 3 aliphatic rings. The van der Waals surface area contributed by atoms with Crippen molar-refractivity contribution in [3.63, 3.8) is 0 Å². The van der Waals surface area contributed by atoms with Gasteiger partial charge in [-0.2, -0.15) is 0 Å². The Balaban J connectivity index is 1.14. The molecule has 2 aliphatic heterocycles. The van der Waals surface area contributed by atoms with Crippen molar-refractivity contribution in [2.75, 3.05) is 13.1 Å². The van der Waals surface area contributed by atoms with Crippen LogP contribution in [0.3, 0.4) is 0 Å². The number of hydrogen-bond acceptors (Lipinski definition) is 5. The van der Waals surface area contributed by atoms with E-state index >= 15 is 0 Å². The number of amides is 2. The average Bonchev–Trinajstić information content (AvgIpc) is 3.81. The van der Waals surface area contributed by atoms with Gasteiger partial charge >= 0.3 is 6.09 Å². The van der Waals surface area contributed by atoms with Crippen molar-refractivity contribution >= 4 is 28.7 Å². The highest BCUT2D eigenvalue weighted by molar-refractivity contribution is 6.09. The largest absolute Gasteiger partial charge is 0.444 e. The van der Waals surface area contributed by atoms with Gasteiger partial charge in [0.2, 0.25) is 5.91 Å². The van der Waals surface area contributed by atoms with Crippen LogP contribution in [0.5, 0.6) is 0 Å². The molecule has 2 aromatic carbocycles. The number of nitrogens with zero attached hydrogens (tertiary/aromatic N) is 4. The molecule has 2 amide bonds. The number of likely N-dealkylation sites (tertiary alicyclic amines) is 2. The standard InChI is InChI=1S/C40H45FN4O4/c1-24(2)29-8-6-7-9-30(29)32-21-27(41)11-13-34(32)44-23-33(31-14-17-42-22-35(31)44)37(46)25-15-18-43(19-16-25)38(47)36-26-10-12-28(20-26)45(36)39(48)49-40(3,4)5/h6-9,11,13-14,17,21-26,28,36H,10,12,15-16,18-20H2,1-5H3/t26-,28+,36-/m0/s1. The molecule has 0 N–H and O–H groups in total. The summed E-state index contributed by atoms with van der Waals surface area (Å²) in [6, 6.07) is 14.2. The monoisotopic (exact) mass is 664 g/mol. The van der Waals surface area contributed by atoms with Gasteiger partial charge in [-0.1, -0.05) is 38.1 Å². The highest BCUT2D eigenvalue weighted by atomic mass is 19.1. The second kappa shape index (κ2) is 12.7. The molecule has 0 spiro atoms. The summed E-state index contributed by atoms with van der Waals surface area (Å²) < 4.78 is 22.5. The van der Waals surface area contributed by atoms with Crippen LogP contribution in [0.4, 0.5) is 9.18 Å². The average molecular weight is 665 g/mol. The lowest BCUT2D eigenvalue weighted by molar-refractivity contribution is -0.139. The minimum atomic E-state index is -0.638. The molecule has 3 atom stereocenters. The zero-order valence-electron chi connectivity index (χ0n) is 29.0. The Bertz CT molecular complexity index is 1920. The van der Waals surface area contributed by atoms with Crippen molar-refractivity contribution in [1.29, 1.82) is 0 Å². The summed E-state index contributed by atoms with van der Waals surface area (Å²) in [6.07, 6.45) is 8.65. The number of ketones is 1. The summed E-state index contributed by atoms with van der Waals surface area (Å²) in [5.74, 6) is -0.208. The number of benzene rings is 2.